The number of aliphatic hydroxyl groups is 1. The van der Waals surface area contributed by atoms with Crippen LogP contribution in [0.25, 0.3) is 28.1 Å². The van der Waals surface area contributed by atoms with Crippen molar-refractivity contribution in [3.8, 4) is 17.3 Å². The van der Waals surface area contributed by atoms with E-state index in [9.17, 15) is 14.7 Å². The molecule has 3 aliphatic heterocycles. The van der Waals surface area contributed by atoms with Crippen LogP contribution in [0, 0.1) is 18.8 Å². The number of carbonyl (C=O) groups excluding carboxylic acids is 2. The lowest BCUT2D eigenvalue weighted by Crippen LogP contribution is -2.40. The van der Waals surface area contributed by atoms with Gasteiger partial charge in [-0.3, -0.25) is 9.20 Å². The molecule has 0 radical (unpaired) electrons. The Hall–Kier alpha value is -4.16. The number of aromatic nitrogens is 4. The molecule has 4 aliphatic rings. The van der Waals surface area contributed by atoms with Gasteiger partial charge in [-0.05, 0) is 82.6 Å². The summed E-state index contributed by atoms with van der Waals surface area (Å²) >= 11 is 0. The second-order valence-electron chi connectivity index (χ2n) is 14.1. The Balaban J connectivity index is 1.14. The molecule has 7 heterocycles. The molecular formula is C35H44N8O4. The third-order valence-corrected chi connectivity index (χ3v) is 11.0. The molecule has 1 unspecified atom stereocenters. The first kappa shape index (κ1) is 30.2. The summed E-state index contributed by atoms with van der Waals surface area (Å²) in [4.78, 5) is 40.8. The van der Waals surface area contributed by atoms with E-state index in [2.05, 4.69) is 22.0 Å². The lowest BCUT2D eigenvalue weighted by molar-refractivity contribution is 0.0726. The van der Waals surface area contributed by atoms with Gasteiger partial charge >= 0.3 is 6.03 Å². The summed E-state index contributed by atoms with van der Waals surface area (Å²) in [5.41, 5.74) is 12.0. The van der Waals surface area contributed by atoms with Crippen molar-refractivity contribution in [1.29, 1.82) is 0 Å². The number of aryl methyl sites for hydroxylation is 1. The number of carbonyl (C=O) groups is 2. The normalized spacial score (nSPS) is 24.5. The summed E-state index contributed by atoms with van der Waals surface area (Å²) in [6.45, 7) is 6.15. The predicted molar refractivity (Wildman–Crippen MR) is 177 cm³/mol. The second-order valence-corrected chi connectivity index (χ2v) is 14.1. The number of nitrogens with two attached hydrogens (primary N) is 1. The topological polar surface area (TPSA) is 143 Å². The lowest BCUT2D eigenvalue weighted by atomic mass is 9.97. The molecule has 12 nitrogen and oxygen atoms in total. The highest BCUT2D eigenvalue weighted by Gasteiger charge is 2.47. The zero-order valence-electron chi connectivity index (χ0n) is 27.4. The van der Waals surface area contributed by atoms with E-state index >= 15 is 0 Å². The fraction of sp³-hybridized carbons (Fsp3) is 0.543. The van der Waals surface area contributed by atoms with Crippen LogP contribution in [-0.4, -0.2) is 90.7 Å². The molecule has 5 atom stereocenters. The highest BCUT2D eigenvalue weighted by atomic mass is 16.5. The minimum Gasteiger partial charge on any atom is -0.482 e. The number of amides is 3. The van der Waals surface area contributed by atoms with Crippen LogP contribution >= 0.6 is 0 Å². The molecule has 0 aromatic carbocycles. The Labute approximate surface area is 273 Å². The van der Waals surface area contributed by atoms with E-state index in [1.807, 2.05) is 41.3 Å². The Morgan fingerprint density at radius 2 is 1.94 bits per heavy atom. The molecule has 1 saturated carbocycles. The van der Waals surface area contributed by atoms with Crippen LogP contribution in [0.2, 0.25) is 0 Å². The number of hydrogen-bond donors (Lipinski definition) is 3. The average molecular weight is 641 g/mol. The molecule has 47 heavy (non-hydrogen) atoms. The van der Waals surface area contributed by atoms with Gasteiger partial charge in [0.05, 0.1) is 30.2 Å². The number of likely N-dealkylation sites (tertiary alicyclic amines) is 1. The van der Waals surface area contributed by atoms with E-state index in [1.165, 1.54) is 12.8 Å². The summed E-state index contributed by atoms with van der Waals surface area (Å²) in [5, 5.41) is 13.6. The van der Waals surface area contributed by atoms with Crippen LogP contribution in [0.1, 0.15) is 73.2 Å². The van der Waals surface area contributed by atoms with Gasteiger partial charge in [-0.1, -0.05) is 0 Å². The van der Waals surface area contributed by atoms with Crippen LogP contribution in [0.5, 0.6) is 5.88 Å². The number of nitrogens with zero attached hydrogens (tertiary/aromatic N) is 6. The van der Waals surface area contributed by atoms with Crippen molar-refractivity contribution in [2.75, 3.05) is 26.8 Å². The maximum atomic E-state index is 13.8. The first-order chi connectivity index (χ1) is 22.7. The van der Waals surface area contributed by atoms with E-state index in [0.29, 0.717) is 36.1 Å². The van der Waals surface area contributed by atoms with E-state index in [-0.39, 0.29) is 48.6 Å². The van der Waals surface area contributed by atoms with Crippen molar-refractivity contribution in [3.05, 3.63) is 47.3 Å². The summed E-state index contributed by atoms with van der Waals surface area (Å²) in [5.74, 6) is 1.28. The maximum absolute atomic E-state index is 13.8. The van der Waals surface area contributed by atoms with Crippen molar-refractivity contribution < 1.29 is 19.4 Å². The molecule has 4 N–H and O–H groups in total. The second kappa shape index (κ2) is 11.5. The SMILES string of the molecule is COc1cc(C(=O)N2[C@H]3CC[C@@H]2[C@H](N)C3)cc2nc(-c3cc4ccc([C@@H](C)NC(=O)N5CCC(CO)C5)nc4n3CC3CC3)c(C)n12. The van der Waals surface area contributed by atoms with Crippen LogP contribution < -0.4 is 15.8 Å². The monoisotopic (exact) mass is 640 g/mol. The maximum Gasteiger partial charge on any atom is 0.317 e. The quantitative estimate of drug-likeness (QED) is 0.265. The molecule has 8 rings (SSSR count). The van der Waals surface area contributed by atoms with Gasteiger partial charge < -0.3 is 35.3 Å². The number of methoxy groups -OCH3 is 1. The Kier molecular flexibility index (Phi) is 7.40. The van der Waals surface area contributed by atoms with Crippen LogP contribution in [0.4, 0.5) is 4.79 Å². The molecule has 3 saturated heterocycles. The Morgan fingerprint density at radius 3 is 2.62 bits per heavy atom. The molecule has 248 valence electrons. The van der Waals surface area contributed by atoms with Crippen molar-refractivity contribution in [3.63, 3.8) is 0 Å². The largest absolute Gasteiger partial charge is 0.482 e. The zero-order chi connectivity index (χ0) is 32.6. The molecule has 1 aliphatic carbocycles. The number of nitrogens with one attached hydrogen (secondary N) is 1. The third kappa shape index (κ3) is 5.12. The highest BCUT2D eigenvalue weighted by molar-refractivity contribution is 5.97. The number of hydrogen-bond acceptors (Lipinski definition) is 7. The van der Waals surface area contributed by atoms with E-state index in [1.54, 1.807) is 12.0 Å². The van der Waals surface area contributed by atoms with Gasteiger partial charge in [0.1, 0.15) is 17.0 Å². The van der Waals surface area contributed by atoms with E-state index < -0.39 is 0 Å². The van der Waals surface area contributed by atoms with Gasteiger partial charge in [-0.15, -0.1) is 0 Å². The number of ether oxygens (including phenoxy) is 1. The van der Waals surface area contributed by atoms with Crippen molar-refractivity contribution in [1.82, 2.24) is 34.1 Å². The molecule has 4 aromatic rings. The first-order valence-electron chi connectivity index (χ1n) is 17.1. The van der Waals surface area contributed by atoms with Crippen molar-refractivity contribution in [2.45, 2.75) is 83.1 Å². The number of pyridine rings is 2. The molecule has 4 fully saturated rings. The van der Waals surface area contributed by atoms with Gasteiger partial charge in [0.15, 0.2) is 5.88 Å². The predicted octanol–water partition coefficient (Wildman–Crippen LogP) is 3.87. The van der Waals surface area contributed by atoms with Gasteiger partial charge in [-0.25, -0.2) is 14.8 Å². The van der Waals surface area contributed by atoms with Crippen LogP contribution in [0.3, 0.4) is 0 Å². The Bertz CT molecular complexity index is 1880. The molecule has 2 bridgehead atoms. The summed E-state index contributed by atoms with van der Waals surface area (Å²) in [6.07, 6.45) is 6.01. The van der Waals surface area contributed by atoms with Crippen LogP contribution in [0.15, 0.2) is 30.3 Å². The van der Waals surface area contributed by atoms with Gasteiger partial charge in [0.2, 0.25) is 0 Å². The summed E-state index contributed by atoms with van der Waals surface area (Å²) < 4.78 is 10.1. The van der Waals surface area contributed by atoms with Gasteiger partial charge in [0, 0.05) is 67.3 Å². The van der Waals surface area contributed by atoms with Crippen molar-refractivity contribution >= 4 is 28.6 Å². The number of imidazole rings is 1. The molecular weight excluding hydrogens is 596 g/mol. The summed E-state index contributed by atoms with van der Waals surface area (Å²) in [7, 11) is 1.63. The van der Waals surface area contributed by atoms with E-state index in [4.69, 9.17) is 20.4 Å². The molecule has 3 amide bonds. The number of aliphatic hydroxyl groups excluding tert-OH is 1. The molecule has 4 aromatic heterocycles. The fourth-order valence-electron chi connectivity index (χ4n) is 8.13. The number of urea groups is 1. The lowest BCUT2D eigenvalue weighted by Gasteiger charge is -2.23. The summed E-state index contributed by atoms with van der Waals surface area (Å²) in [6, 6.07) is 9.82. The molecule has 12 heteroatoms. The average Bonchev–Trinajstić information content (AvgIpc) is 3.43. The minimum atomic E-state index is -0.287. The number of fused-ring (bicyclic) bond motifs is 4. The highest BCUT2D eigenvalue weighted by Crippen LogP contribution is 2.40. The fourth-order valence-corrected chi connectivity index (χ4v) is 8.13. The van der Waals surface area contributed by atoms with Crippen LogP contribution in [-0.2, 0) is 6.54 Å². The first-order valence-corrected chi connectivity index (χ1v) is 17.1. The smallest absolute Gasteiger partial charge is 0.317 e. The molecule has 0 spiro atoms. The third-order valence-electron chi connectivity index (χ3n) is 11.0. The minimum absolute atomic E-state index is 0.00724. The van der Waals surface area contributed by atoms with Crippen molar-refractivity contribution in [2.24, 2.45) is 17.6 Å². The Morgan fingerprint density at radius 1 is 1.11 bits per heavy atom. The zero-order valence-corrected chi connectivity index (χ0v) is 27.4. The van der Waals surface area contributed by atoms with E-state index in [0.717, 1.165) is 66.0 Å². The van der Waals surface area contributed by atoms with Gasteiger partial charge in [0.25, 0.3) is 5.91 Å². The van der Waals surface area contributed by atoms with Gasteiger partial charge in [-0.2, -0.15) is 0 Å². The number of rotatable bonds is 8. The standard InChI is InChI=1S/C35H44N8O4/c1-19(37-35(46)40-11-10-22(16-40)18-44)27-8-6-23-12-29(41(33(23)38-27)17-21-4-5-21)32-20(2)42-30(39-32)13-24(14-31(42)47-3)34(45)43-25-7-9-28(43)26(36)15-25/h6,8,12-14,19,21-22,25-26,28,44H,4-5,7,9-11,15-18,36H2,1-3H3,(H,37,46)/t19-,22?,25+,26-,28-/m1/s1.